The normalized spacial score (nSPS) is 12.2. The second-order valence-electron chi connectivity index (χ2n) is 3.42. The van der Waals surface area contributed by atoms with Gasteiger partial charge in [-0.1, -0.05) is 0 Å². The molecule has 0 radical (unpaired) electrons. The molecule has 0 aliphatic rings. The summed E-state index contributed by atoms with van der Waals surface area (Å²) in [5.41, 5.74) is 0.0680. The summed E-state index contributed by atoms with van der Waals surface area (Å²) in [6.45, 7) is 1.75. The Labute approximate surface area is 87.4 Å². The zero-order chi connectivity index (χ0) is 11.4. The minimum atomic E-state index is -0.597. The van der Waals surface area contributed by atoms with E-state index in [4.69, 9.17) is 5.11 Å². The molecule has 0 saturated carbocycles. The lowest BCUT2D eigenvalue weighted by molar-refractivity contribution is 0.0923. The first kappa shape index (κ1) is 11.5. The average molecular weight is 210 g/mol. The molecule has 0 fully saturated rings. The molecule has 15 heavy (non-hydrogen) atoms. The SMILES string of the molecule is CC(O)CNC(=O)c1ccn(C)c(=O)c1. The van der Waals surface area contributed by atoms with Crippen molar-refractivity contribution < 1.29 is 9.90 Å². The summed E-state index contributed by atoms with van der Waals surface area (Å²) in [7, 11) is 1.61. The number of aliphatic hydroxyl groups is 1. The Balaban J connectivity index is 2.75. The van der Waals surface area contributed by atoms with E-state index in [1.165, 1.54) is 16.8 Å². The first-order valence-corrected chi connectivity index (χ1v) is 4.63. The molecule has 1 amide bonds. The summed E-state index contributed by atoms with van der Waals surface area (Å²) in [5.74, 6) is -0.353. The van der Waals surface area contributed by atoms with Crippen LogP contribution in [-0.4, -0.2) is 28.2 Å². The second kappa shape index (κ2) is 4.75. The van der Waals surface area contributed by atoms with Gasteiger partial charge in [0.05, 0.1) is 6.10 Å². The average Bonchev–Trinajstić information content (AvgIpc) is 2.18. The molecule has 0 aliphatic heterocycles. The predicted octanol–water partition coefficient (Wildman–Crippen LogP) is -0.504. The maximum absolute atomic E-state index is 11.4. The van der Waals surface area contributed by atoms with Gasteiger partial charge in [-0.3, -0.25) is 9.59 Å². The Morgan fingerprint density at radius 2 is 2.33 bits per heavy atom. The van der Waals surface area contributed by atoms with Crippen molar-refractivity contribution in [3.05, 3.63) is 34.2 Å². The monoisotopic (exact) mass is 210 g/mol. The fraction of sp³-hybridized carbons (Fsp3) is 0.400. The van der Waals surface area contributed by atoms with E-state index in [1.807, 2.05) is 0 Å². The lowest BCUT2D eigenvalue weighted by Gasteiger charge is -2.07. The molecule has 0 aromatic carbocycles. The summed E-state index contributed by atoms with van der Waals surface area (Å²) in [6, 6.07) is 2.82. The Kier molecular flexibility index (Phi) is 3.62. The van der Waals surface area contributed by atoms with Gasteiger partial charge < -0.3 is 15.0 Å². The number of aromatic nitrogens is 1. The van der Waals surface area contributed by atoms with Gasteiger partial charge in [0.25, 0.3) is 11.5 Å². The minimum Gasteiger partial charge on any atom is -0.392 e. The number of amides is 1. The van der Waals surface area contributed by atoms with E-state index in [0.29, 0.717) is 5.56 Å². The van der Waals surface area contributed by atoms with Gasteiger partial charge in [-0.05, 0) is 13.0 Å². The van der Waals surface area contributed by atoms with E-state index < -0.39 is 6.10 Å². The van der Waals surface area contributed by atoms with Crippen molar-refractivity contribution in [3.8, 4) is 0 Å². The number of hydrogen-bond acceptors (Lipinski definition) is 3. The van der Waals surface area contributed by atoms with Crippen LogP contribution in [-0.2, 0) is 7.05 Å². The number of carbonyl (C=O) groups excluding carboxylic acids is 1. The molecule has 0 spiro atoms. The van der Waals surface area contributed by atoms with Crippen molar-refractivity contribution in [2.45, 2.75) is 13.0 Å². The second-order valence-corrected chi connectivity index (χ2v) is 3.42. The lowest BCUT2D eigenvalue weighted by Crippen LogP contribution is -2.31. The third-order valence-corrected chi connectivity index (χ3v) is 1.92. The Hall–Kier alpha value is -1.62. The first-order valence-electron chi connectivity index (χ1n) is 4.63. The van der Waals surface area contributed by atoms with E-state index in [9.17, 15) is 9.59 Å². The molecular formula is C10H14N2O3. The molecule has 0 aliphatic carbocycles. The number of nitrogens with one attached hydrogen (secondary N) is 1. The van der Waals surface area contributed by atoms with Crippen molar-refractivity contribution in [2.24, 2.45) is 7.05 Å². The maximum atomic E-state index is 11.4. The van der Waals surface area contributed by atoms with Gasteiger partial charge in [0.1, 0.15) is 0 Å². The number of hydrogen-bond donors (Lipinski definition) is 2. The molecule has 0 bridgehead atoms. The fourth-order valence-corrected chi connectivity index (χ4v) is 1.03. The molecule has 5 nitrogen and oxygen atoms in total. The van der Waals surface area contributed by atoms with Crippen molar-refractivity contribution in [3.63, 3.8) is 0 Å². The summed E-state index contributed by atoms with van der Waals surface area (Å²) >= 11 is 0. The highest BCUT2D eigenvalue weighted by Crippen LogP contribution is 1.93. The van der Waals surface area contributed by atoms with E-state index in [-0.39, 0.29) is 18.0 Å². The van der Waals surface area contributed by atoms with Crippen LogP contribution in [0.25, 0.3) is 0 Å². The summed E-state index contributed by atoms with van der Waals surface area (Å²) in [5, 5.41) is 11.5. The van der Waals surface area contributed by atoms with Gasteiger partial charge in [-0.15, -0.1) is 0 Å². The topological polar surface area (TPSA) is 71.3 Å². The van der Waals surface area contributed by atoms with Crippen LogP contribution in [0.15, 0.2) is 23.1 Å². The van der Waals surface area contributed by atoms with Gasteiger partial charge in [0.2, 0.25) is 0 Å². The third kappa shape index (κ3) is 3.21. The van der Waals surface area contributed by atoms with Crippen LogP contribution in [0.5, 0.6) is 0 Å². The number of carbonyl (C=O) groups is 1. The van der Waals surface area contributed by atoms with Crippen LogP contribution in [0.1, 0.15) is 17.3 Å². The molecule has 2 N–H and O–H groups in total. The van der Waals surface area contributed by atoms with E-state index >= 15 is 0 Å². The standard InChI is InChI=1S/C10H14N2O3/c1-7(13)6-11-10(15)8-3-4-12(2)9(14)5-8/h3-5,7,13H,6H2,1-2H3,(H,11,15). The summed E-state index contributed by atoms with van der Waals surface area (Å²) in [6.07, 6.45) is 0.931. The van der Waals surface area contributed by atoms with Crippen LogP contribution >= 0.6 is 0 Å². The number of aryl methyl sites for hydroxylation is 1. The molecule has 1 atom stereocenters. The molecule has 82 valence electrons. The van der Waals surface area contributed by atoms with Gasteiger partial charge in [0.15, 0.2) is 0 Å². The highest BCUT2D eigenvalue weighted by atomic mass is 16.3. The van der Waals surface area contributed by atoms with Gasteiger partial charge in [-0.2, -0.15) is 0 Å². The van der Waals surface area contributed by atoms with Gasteiger partial charge in [-0.25, -0.2) is 0 Å². The minimum absolute atomic E-state index is 0.175. The largest absolute Gasteiger partial charge is 0.392 e. The number of rotatable bonds is 3. The predicted molar refractivity (Wildman–Crippen MR) is 55.7 cm³/mol. The molecule has 5 heteroatoms. The van der Waals surface area contributed by atoms with Crippen LogP contribution in [0, 0.1) is 0 Å². The highest BCUT2D eigenvalue weighted by molar-refractivity contribution is 5.93. The van der Waals surface area contributed by atoms with Crippen molar-refractivity contribution in [2.75, 3.05) is 6.54 Å². The van der Waals surface area contributed by atoms with Crippen molar-refractivity contribution >= 4 is 5.91 Å². The molecule has 1 aromatic rings. The van der Waals surface area contributed by atoms with E-state index in [0.717, 1.165) is 0 Å². The van der Waals surface area contributed by atoms with Gasteiger partial charge >= 0.3 is 0 Å². The number of aliphatic hydroxyl groups excluding tert-OH is 1. The molecule has 1 aromatic heterocycles. The summed E-state index contributed by atoms with van der Waals surface area (Å²) < 4.78 is 1.38. The Morgan fingerprint density at radius 1 is 1.67 bits per heavy atom. The van der Waals surface area contributed by atoms with E-state index in [1.54, 1.807) is 20.0 Å². The molecular weight excluding hydrogens is 196 g/mol. The zero-order valence-electron chi connectivity index (χ0n) is 8.73. The third-order valence-electron chi connectivity index (χ3n) is 1.92. The zero-order valence-corrected chi connectivity index (χ0v) is 8.73. The van der Waals surface area contributed by atoms with Crippen LogP contribution < -0.4 is 10.9 Å². The quantitative estimate of drug-likeness (QED) is 0.706. The van der Waals surface area contributed by atoms with Crippen molar-refractivity contribution in [1.82, 2.24) is 9.88 Å². The van der Waals surface area contributed by atoms with Crippen LogP contribution in [0.3, 0.4) is 0 Å². The molecule has 1 unspecified atom stereocenters. The first-order chi connectivity index (χ1) is 7.00. The summed E-state index contributed by atoms with van der Waals surface area (Å²) in [4.78, 5) is 22.7. The Morgan fingerprint density at radius 3 is 2.87 bits per heavy atom. The smallest absolute Gasteiger partial charge is 0.251 e. The fourth-order valence-electron chi connectivity index (χ4n) is 1.03. The number of pyridine rings is 1. The molecule has 1 rings (SSSR count). The molecule has 0 saturated heterocycles. The van der Waals surface area contributed by atoms with E-state index in [2.05, 4.69) is 5.32 Å². The highest BCUT2D eigenvalue weighted by Gasteiger charge is 2.06. The van der Waals surface area contributed by atoms with Crippen LogP contribution in [0.2, 0.25) is 0 Å². The van der Waals surface area contributed by atoms with Crippen molar-refractivity contribution in [1.29, 1.82) is 0 Å². The number of nitrogens with zero attached hydrogens (tertiary/aromatic N) is 1. The molecule has 1 heterocycles. The van der Waals surface area contributed by atoms with Crippen LogP contribution in [0.4, 0.5) is 0 Å². The Bertz CT molecular complexity index is 409. The lowest BCUT2D eigenvalue weighted by atomic mass is 10.2. The van der Waals surface area contributed by atoms with Gasteiger partial charge in [0, 0.05) is 31.4 Å². The maximum Gasteiger partial charge on any atom is 0.251 e.